The van der Waals surface area contributed by atoms with Crippen LogP contribution in [-0.4, -0.2) is 32.2 Å². The number of ether oxygens (including phenoxy) is 3. The van der Waals surface area contributed by atoms with Gasteiger partial charge in [0.1, 0.15) is 22.9 Å². The molecule has 0 radical (unpaired) electrons. The van der Waals surface area contributed by atoms with Crippen LogP contribution in [0.3, 0.4) is 0 Å². The SMILES string of the molecule is COc1ccc(OC)c(NC(=O)c2[nH]c3ccc(OC)cc3c2C)c1. The molecule has 0 fully saturated rings. The van der Waals surface area contributed by atoms with Crippen LogP contribution in [0.4, 0.5) is 5.69 Å². The first-order chi connectivity index (χ1) is 12.1. The summed E-state index contributed by atoms with van der Waals surface area (Å²) in [5.74, 6) is 1.69. The average Bonchev–Trinajstić information content (AvgIpc) is 2.97. The Morgan fingerprint density at radius 2 is 1.64 bits per heavy atom. The maximum atomic E-state index is 12.8. The van der Waals surface area contributed by atoms with E-state index >= 15 is 0 Å². The van der Waals surface area contributed by atoms with E-state index < -0.39 is 0 Å². The summed E-state index contributed by atoms with van der Waals surface area (Å²) in [6.07, 6.45) is 0. The van der Waals surface area contributed by atoms with Crippen LogP contribution >= 0.6 is 0 Å². The number of methoxy groups -OCH3 is 3. The van der Waals surface area contributed by atoms with Crippen LogP contribution in [-0.2, 0) is 0 Å². The fraction of sp³-hybridized carbons (Fsp3) is 0.211. The minimum atomic E-state index is -0.251. The van der Waals surface area contributed by atoms with Gasteiger partial charge in [0.25, 0.3) is 5.91 Å². The van der Waals surface area contributed by atoms with Gasteiger partial charge in [0.15, 0.2) is 0 Å². The van der Waals surface area contributed by atoms with Crippen LogP contribution < -0.4 is 19.5 Å². The molecule has 2 aromatic carbocycles. The van der Waals surface area contributed by atoms with E-state index in [1.165, 1.54) is 0 Å². The molecule has 130 valence electrons. The summed E-state index contributed by atoms with van der Waals surface area (Å²) in [6.45, 7) is 1.90. The Balaban J connectivity index is 1.96. The van der Waals surface area contributed by atoms with E-state index in [0.29, 0.717) is 22.9 Å². The summed E-state index contributed by atoms with van der Waals surface area (Å²) in [4.78, 5) is 15.9. The molecule has 6 nitrogen and oxygen atoms in total. The van der Waals surface area contributed by atoms with Crippen LogP contribution in [0.25, 0.3) is 10.9 Å². The normalized spacial score (nSPS) is 10.6. The predicted molar refractivity (Wildman–Crippen MR) is 97.1 cm³/mol. The number of rotatable bonds is 5. The molecular weight excluding hydrogens is 320 g/mol. The van der Waals surface area contributed by atoms with Crippen molar-refractivity contribution >= 4 is 22.5 Å². The molecule has 1 heterocycles. The van der Waals surface area contributed by atoms with Gasteiger partial charge in [-0.3, -0.25) is 4.79 Å². The second kappa shape index (κ2) is 6.76. The Morgan fingerprint density at radius 1 is 0.960 bits per heavy atom. The maximum Gasteiger partial charge on any atom is 0.272 e. The number of amides is 1. The first kappa shape index (κ1) is 16.7. The molecule has 6 heteroatoms. The standard InChI is InChI=1S/C19H20N2O4/c1-11-14-9-12(23-2)5-7-15(14)20-18(11)19(22)21-16-10-13(24-3)6-8-17(16)25-4/h5-10,20H,1-4H3,(H,21,22). The van der Waals surface area contributed by atoms with E-state index in [0.717, 1.165) is 22.2 Å². The molecule has 1 amide bonds. The quantitative estimate of drug-likeness (QED) is 0.742. The molecule has 0 bridgehead atoms. The Morgan fingerprint density at radius 3 is 2.32 bits per heavy atom. The molecule has 0 saturated carbocycles. The van der Waals surface area contributed by atoms with Crippen molar-refractivity contribution in [2.45, 2.75) is 6.92 Å². The van der Waals surface area contributed by atoms with Crippen LogP contribution in [0.5, 0.6) is 17.2 Å². The number of aryl methyl sites for hydroxylation is 1. The molecule has 0 spiro atoms. The molecule has 0 atom stereocenters. The van der Waals surface area contributed by atoms with Crippen molar-refractivity contribution in [1.29, 1.82) is 0 Å². The van der Waals surface area contributed by atoms with Gasteiger partial charge in [-0.2, -0.15) is 0 Å². The zero-order valence-electron chi connectivity index (χ0n) is 14.6. The van der Waals surface area contributed by atoms with E-state index in [1.54, 1.807) is 39.5 Å². The van der Waals surface area contributed by atoms with Gasteiger partial charge in [0.2, 0.25) is 0 Å². The fourth-order valence-electron chi connectivity index (χ4n) is 2.76. The highest BCUT2D eigenvalue weighted by molar-refractivity contribution is 6.08. The Labute approximate surface area is 145 Å². The number of aromatic amines is 1. The summed E-state index contributed by atoms with van der Waals surface area (Å²) in [5, 5.41) is 3.82. The van der Waals surface area contributed by atoms with E-state index in [9.17, 15) is 4.79 Å². The molecule has 0 aliphatic rings. The van der Waals surface area contributed by atoms with E-state index in [4.69, 9.17) is 14.2 Å². The van der Waals surface area contributed by atoms with Crippen molar-refractivity contribution < 1.29 is 19.0 Å². The number of anilines is 1. The van der Waals surface area contributed by atoms with Crippen molar-refractivity contribution in [1.82, 2.24) is 4.98 Å². The highest BCUT2D eigenvalue weighted by atomic mass is 16.5. The Hall–Kier alpha value is -3.15. The molecule has 25 heavy (non-hydrogen) atoms. The first-order valence-corrected chi connectivity index (χ1v) is 7.77. The zero-order chi connectivity index (χ0) is 18.0. The molecule has 0 unspecified atom stereocenters. The third kappa shape index (κ3) is 3.10. The number of hydrogen-bond acceptors (Lipinski definition) is 4. The zero-order valence-corrected chi connectivity index (χ0v) is 14.6. The lowest BCUT2D eigenvalue weighted by atomic mass is 10.1. The number of nitrogens with one attached hydrogen (secondary N) is 2. The molecule has 1 aromatic heterocycles. The lowest BCUT2D eigenvalue weighted by Gasteiger charge is -2.11. The first-order valence-electron chi connectivity index (χ1n) is 7.77. The molecule has 0 aliphatic carbocycles. The van der Waals surface area contributed by atoms with Crippen LogP contribution in [0, 0.1) is 6.92 Å². The van der Waals surface area contributed by atoms with E-state index in [2.05, 4.69) is 10.3 Å². The third-order valence-corrected chi connectivity index (χ3v) is 4.15. The number of benzene rings is 2. The monoisotopic (exact) mass is 340 g/mol. The van der Waals surface area contributed by atoms with Gasteiger partial charge in [-0.05, 0) is 42.8 Å². The molecule has 0 saturated heterocycles. The summed E-state index contributed by atoms with van der Waals surface area (Å²) in [7, 11) is 4.74. The van der Waals surface area contributed by atoms with Crippen molar-refractivity contribution in [3.8, 4) is 17.2 Å². The molecular formula is C19H20N2O4. The maximum absolute atomic E-state index is 12.8. The Kier molecular flexibility index (Phi) is 4.52. The summed E-state index contributed by atoms with van der Waals surface area (Å²) < 4.78 is 15.8. The number of aromatic nitrogens is 1. The van der Waals surface area contributed by atoms with Crippen molar-refractivity contribution in [3.05, 3.63) is 47.7 Å². The fourth-order valence-corrected chi connectivity index (χ4v) is 2.76. The summed E-state index contributed by atoms with van der Waals surface area (Å²) >= 11 is 0. The largest absolute Gasteiger partial charge is 0.497 e. The van der Waals surface area contributed by atoms with Gasteiger partial charge >= 0.3 is 0 Å². The van der Waals surface area contributed by atoms with Crippen molar-refractivity contribution in [2.75, 3.05) is 26.6 Å². The number of hydrogen-bond donors (Lipinski definition) is 2. The van der Waals surface area contributed by atoms with Gasteiger partial charge in [0, 0.05) is 17.0 Å². The van der Waals surface area contributed by atoms with Crippen LogP contribution in [0.2, 0.25) is 0 Å². The van der Waals surface area contributed by atoms with E-state index in [1.807, 2.05) is 25.1 Å². The Bertz CT molecular complexity index is 931. The molecule has 3 aromatic rings. The number of carbonyl (C=O) groups is 1. The van der Waals surface area contributed by atoms with Gasteiger partial charge in [-0.1, -0.05) is 0 Å². The van der Waals surface area contributed by atoms with Crippen LogP contribution in [0.15, 0.2) is 36.4 Å². The lowest BCUT2D eigenvalue weighted by Crippen LogP contribution is -2.14. The summed E-state index contributed by atoms with van der Waals surface area (Å²) in [6, 6.07) is 10.9. The van der Waals surface area contributed by atoms with Gasteiger partial charge in [-0.15, -0.1) is 0 Å². The molecule has 0 aliphatic heterocycles. The number of fused-ring (bicyclic) bond motifs is 1. The van der Waals surface area contributed by atoms with Crippen molar-refractivity contribution in [3.63, 3.8) is 0 Å². The number of H-pyrrole nitrogens is 1. The third-order valence-electron chi connectivity index (χ3n) is 4.15. The topological polar surface area (TPSA) is 72.6 Å². The van der Waals surface area contributed by atoms with Gasteiger partial charge in [-0.25, -0.2) is 0 Å². The highest BCUT2D eigenvalue weighted by Crippen LogP contribution is 2.31. The van der Waals surface area contributed by atoms with Gasteiger partial charge in [0.05, 0.1) is 27.0 Å². The summed E-state index contributed by atoms with van der Waals surface area (Å²) in [5.41, 5.74) is 2.77. The van der Waals surface area contributed by atoms with Crippen molar-refractivity contribution in [2.24, 2.45) is 0 Å². The average molecular weight is 340 g/mol. The van der Waals surface area contributed by atoms with E-state index in [-0.39, 0.29) is 5.91 Å². The smallest absolute Gasteiger partial charge is 0.272 e. The minimum absolute atomic E-state index is 0.251. The lowest BCUT2D eigenvalue weighted by molar-refractivity contribution is 0.102. The molecule has 3 rings (SSSR count). The minimum Gasteiger partial charge on any atom is -0.497 e. The van der Waals surface area contributed by atoms with Gasteiger partial charge < -0.3 is 24.5 Å². The number of carbonyl (C=O) groups excluding carboxylic acids is 1. The predicted octanol–water partition coefficient (Wildman–Crippen LogP) is 3.75. The second-order valence-electron chi connectivity index (χ2n) is 5.56. The van der Waals surface area contributed by atoms with Crippen LogP contribution in [0.1, 0.15) is 16.1 Å². The highest BCUT2D eigenvalue weighted by Gasteiger charge is 2.17. The second-order valence-corrected chi connectivity index (χ2v) is 5.56. The molecule has 2 N–H and O–H groups in total.